The second kappa shape index (κ2) is 8.01. The van der Waals surface area contributed by atoms with Gasteiger partial charge in [-0.1, -0.05) is 6.07 Å². The molecule has 0 aromatic carbocycles. The van der Waals surface area contributed by atoms with Crippen molar-refractivity contribution in [3.05, 3.63) is 54.0 Å². The van der Waals surface area contributed by atoms with E-state index < -0.39 is 17.2 Å². The minimum atomic E-state index is -0.855. The van der Waals surface area contributed by atoms with Crippen molar-refractivity contribution in [1.82, 2.24) is 15.3 Å². The number of aromatic nitrogens is 2. The normalized spacial score (nSPS) is 25.5. The number of aliphatic hydroxyl groups is 1. The first-order valence-corrected chi connectivity index (χ1v) is 10.1. The summed E-state index contributed by atoms with van der Waals surface area (Å²) in [4.78, 5) is 23.2. The molecule has 8 heteroatoms. The van der Waals surface area contributed by atoms with Crippen molar-refractivity contribution in [3.63, 3.8) is 0 Å². The number of carbonyl (C=O) groups is 1. The summed E-state index contributed by atoms with van der Waals surface area (Å²) in [6.07, 6.45) is 4.07. The third-order valence-corrected chi connectivity index (χ3v) is 6.22. The number of pyridine rings is 2. The molecule has 156 valence electrons. The maximum absolute atomic E-state index is 12.7. The monoisotopic (exact) mass is 407 g/mol. The van der Waals surface area contributed by atoms with Crippen LogP contribution >= 0.6 is 0 Å². The van der Waals surface area contributed by atoms with E-state index >= 15 is 0 Å². The topological polar surface area (TPSA) is 111 Å². The van der Waals surface area contributed by atoms with Gasteiger partial charge in [-0.3, -0.25) is 9.78 Å². The zero-order valence-electron chi connectivity index (χ0n) is 16.9. The van der Waals surface area contributed by atoms with Crippen LogP contribution in [0.25, 0.3) is 0 Å². The number of nitriles is 1. The Balaban J connectivity index is 1.47. The van der Waals surface area contributed by atoms with Crippen LogP contribution in [0.3, 0.4) is 0 Å². The Labute approximate surface area is 175 Å². The van der Waals surface area contributed by atoms with Gasteiger partial charge in [0, 0.05) is 32.1 Å². The minimum Gasteiger partial charge on any atom is -0.388 e. The molecule has 2 aliphatic rings. The van der Waals surface area contributed by atoms with Gasteiger partial charge in [-0.15, -0.1) is 0 Å². The molecule has 4 rings (SSSR count). The van der Waals surface area contributed by atoms with E-state index in [0.717, 1.165) is 5.82 Å². The fourth-order valence-corrected chi connectivity index (χ4v) is 4.41. The lowest BCUT2D eigenvalue weighted by Gasteiger charge is -2.53. The highest BCUT2D eigenvalue weighted by molar-refractivity contribution is 5.92. The number of amides is 1. The lowest BCUT2D eigenvalue weighted by Crippen LogP contribution is -2.69. The minimum absolute atomic E-state index is 0.302. The second-order valence-electron chi connectivity index (χ2n) is 8.15. The fraction of sp³-hybridized carbons (Fsp3) is 0.455. The molecule has 0 saturated carbocycles. The zero-order valence-corrected chi connectivity index (χ0v) is 16.9. The molecular formula is C22H25N5O3. The molecule has 2 atom stereocenters. The average molecular weight is 407 g/mol. The Morgan fingerprint density at radius 1 is 1.27 bits per heavy atom. The molecule has 2 aromatic heterocycles. The number of aliphatic hydroxyl groups excluding tert-OH is 1. The van der Waals surface area contributed by atoms with Gasteiger partial charge < -0.3 is 20.1 Å². The number of piperidine rings is 1. The highest BCUT2D eigenvalue weighted by Gasteiger charge is 2.54. The number of hydrogen-bond acceptors (Lipinski definition) is 7. The molecule has 0 unspecified atom stereocenters. The van der Waals surface area contributed by atoms with Crippen molar-refractivity contribution in [3.8, 4) is 6.07 Å². The smallest absolute Gasteiger partial charge is 0.270 e. The third-order valence-electron chi connectivity index (χ3n) is 6.22. The van der Waals surface area contributed by atoms with Crippen molar-refractivity contribution in [2.24, 2.45) is 0 Å². The fourth-order valence-electron chi connectivity index (χ4n) is 4.41. The summed E-state index contributed by atoms with van der Waals surface area (Å²) < 4.78 is 6.11. The van der Waals surface area contributed by atoms with Gasteiger partial charge in [0.1, 0.15) is 17.6 Å². The van der Waals surface area contributed by atoms with E-state index in [1.54, 1.807) is 42.7 Å². The van der Waals surface area contributed by atoms with Crippen LogP contribution in [0.1, 0.15) is 42.2 Å². The Morgan fingerprint density at radius 2 is 2.07 bits per heavy atom. The van der Waals surface area contributed by atoms with Crippen LogP contribution in [0.15, 0.2) is 42.7 Å². The Kier molecular flexibility index (Phi) is 5.41. The lowest BCUT2D eigenvalue weighted by molar-refractivity contribution is -0.195. The maximum Gasteiger partial charge on any atom is 0.270 e. The lowest BCUT2D eigenvalue weighted by atomic mass is 9.73. The van der Waals surface area contributed by atoms with Crippen LogP contribution in [0.2, 0.25) is 0 Å². The Morgan fingerprint density at radius 3 is 2.77 bits per heavy atom. The molecule has 8 nitrogen and oxygen atoms in total. The van der Waals surface area contributed by atoms with Crippen molar-refractivity contribution >= 4 is 11.7 Å². The summed E-state index contributed by atoms with van der Waals surface area (Å²) in [6, 6.07) is 10.8. The largest absolute Gasteiger partial charge is 0.388 e. The van der Waals surface area contributed by atoms with Crippen LogP contribution < -0.4 is 10.2 Å². The summed E-state index contributed by atoms with van der Waals surface area (Å²) in [6.45, 7) is 3.61. The van der Waals surface area contributed by atoms with Gasteiger partial charge in [0.25, 0.3) is 5.91 Å². The van der Waals surface area contributed by atoms with Crippen LogP contribution in [0.4, 0.5) is 5.82 Å². The van der Waals surface area contributed by atoms with E-state index in [1.165, 1.54) is 0 Å². The number of nitrogens with one attached hydrogen (secondary N) is 1. The van der Waals surface area contributed by atoms with Crippen LogP contribution in [-0.2, 0) is 4.74 Å². The van der Waals surface area contributed by atoms with Crippen molar-refractivity contribution in [1.29, 1.82) is 5.26 Å². The molecule has 2 aromatic rings. The van der Waals surface area contributed by atoms with Gasteiger partial charge in [0.05, 0.1) is 22.8 Å². The number of anilines is 1. The molecule has 2 N–H and O–H groups in total. The summed E-state index contributed by atoms with van der Waals surface area (Å²) in [5.41, 5.74) is -0.648. The van der Waals surface area contributed by atoms with Crippen molar-refractivity contribution in [2.45, 2.75) is 43.4 Å². The third kappa shape index (κ3) is 3.74. The predicted molar refractivity (Wildman–Crippen MR) is 110 cm³/mol. The Bertz CT molecular complexity index is 953. The number of rotatable bonds is 3. The van der Waals surface area contributed by atoms with E-state index in [9.17, 15) is 9.90 Å². The zero-order chi connectivity index (χ0) is 21.2. The van der Waals surface area contributed by atoms with E-state index in [4.69, 9.17) is 10.00 Å². The summed E-state index contributed by atoms with van der Waals surface area (Å²) in [5, 5.41) is 23.4. The van der Waals surface area contributed by atoms with Gasteiger partial charge in [-0.05, 0) is 50.5 Å². The van der Waals surface area contributed by atoms with Crippen molar-refractivity contribution in [2.75, 3.05) is 24.6 Å². The van der Waals surface area contributed by atoms with E-state index in [2.05, 4.69) is 26.3 Å². The predicted octanol–water partition coefficient (Wildman–Crippen LogP) is 1.66. The molecule has 30 heavy (non-hydrogen) atoms. The SMILES string of the molecule is C[C@@]1(NC(=O)c2ccccn2)CCOC2(CCN(c3cc(C#N)ccn3)CC2)[C@H]1O. The van der Waals surface area contributed by atoms with Gasteiger partial charge in [0.2, 0.25) is 0 Å². The summed E-state index contributed by atoms with van der Waals surface area (Å²) >= 11 is 0. The Hall–Kier alpha value is -3.02. The molecule has 1 spiro atoms. The molecule has 4 heterocycles. The summed E-state index contributed by atoms with van der Waals surface area (Å²) in [5.74, 6) is 0.449. The number of hydrogen-bond donors (Lipinski definition) is 2. The molecule has 0 radical (unpaired) electrons. The molecule has 2 fully saturated rings. The molecule has 0 aliphatic carbocycles. The van der Waals surface area contributed by atoms with Crippen LogP contribution in [0.5, 0.6) is 0 Å². The second-order valence-corrected chi connectivity index (χ2v) is 8.15. The van der Waals surface area contributed by atoms with E-state index in [1.807, 2.05) is 6.92 Å². The molecule has 0 bridgehead atoms. The highest BCUT2D eigenvalue weighted by Crippen LogP contribution is 2.40. The average Bonchev–Trinajstić information content (AvgIpc) is 2.79. The van der Waals surface area contributed by atoms with Gasteiger partial charge in [0.15, 0.2) is 0 Å². The highest BCUT2D eigenvalue weighted by atomic mass is 16.5. The summed E-state index contributed by atoms with van der Waals surface area (Å²) in [7, 11) is 0. The number of carbonyl (C=O) groups excluding carboxylic acids is 1. The first kappa shape index (κ1) is 20.3. The first-order valence-electron chi connectivity index (χ1n) is 10.1. The molecular weight excluding hydrogens is 382 g/mol. The van der Waals surface area contributed by atoms with E-state index in [0.29, 0.717) is 50.2 Å². The molecule has 2 aliphatic heterocycles. The van der Waals surface area contributed by atoms with Crippen molar-refractivity contribution < 1.29 is 14.6 Å². The molecule has 2 saturated heterocycles. The van der Waals surface area contributed by atoms with Gasteiger partial charge in [-0.2, -0.15) is 5.26 Å². The quantitative estimate of drug-likeness (QED) is 0.796. The first-order chi connectivity index (χ1) is 14.5. The number of ether oxygens (including phenoxy) is 1. The van der Waals surface area contributed by atoms with Crippen LogP contribution in [-0.4, -0.2) is 57.9 Å². The molecule has 1 amide bonds. The standard InChI is InChI=1S/C22H25N5O3/c1-21(26-19(28)17-4-2-3-9-24-17)8-13-30-22(20(21)29)6-11-27(12-7-22)18-14-16(15-23)5-10-25-18/h2-5,9-10,14,20,29H,6-8,11-13H2,1H3,(H,26,28)/t20-,21+/m0/s1. The van der Waals surface area contributed by atoms with Gasteiger partial charge >= 0.3 is 0 Å². The van der Waals surface area contributed by atoms with E-state index in [-0.39, 0.29) is 5.91 Å². The maximum atomic E-state index is 12.7. The van der Waals surface area contributed by atoms with Crippen LogP contribution in [0, 0.1) is 11.3 Å². The van der Waals surface area contributed by atoms with Gasteiger partial charge in [-0.25, -0.2) is 4.98 Å². The number of nitrogens with zero attached hydrogens (tertiary/aromatic N) is 4.